The number of hydrogen-bond acceptors (Lipinski definition) is 7. The van der Waals surface area contributed by atoms with Crippen LogP contribution in [0.2, 0.25) is 0 Å². The maximum absolute atomic E-state index is 14.1. The summed E-state index contributed by atoms with van der Waals surface area (Å²) in [7, 11) is 1.55. The normalized spacial score (nSPS) is 18.1. The third-order valence-corrected chi connectivity index (χ3v) is 8.21. The maximum atomic E-state index is 14.1. The van der Waals surface area contributed by atoms with Crippen molar-refractivity contribution in [1.29, 1.82) is 0 Å². The Balaban J connectivity index is 1.44. The minimum Gasteiger partial charge on any atom is -0.492 e. The second-order valence-corrected chi connectivity index (χ2v) is 11.0. The quantitative estimate of drug-likeness (QED) is 0.468. The molecule has 2 amide bonds. The molecule has 1 aromatic heterocycles. The lowest BCUT2D eigenvalue weighted by atomic mass is 9.75. The number of anilines is 1. The summed E-state index contributed by atoms with van der Waals surface area (Å²) in [6.07, 6.45) is 7.04. The lowest BCUT2D eigenvalue weighted by Gasteiger charge is -2.42. The second kappa shape index (κ2) is 13.6. The zero-order valence-electron chi connectivity index (χ0n) is 23.8. The van der Waals surface area contributed by atoms with E-state index in [4.69, 9.17) is 9.47 Å². The number of rotatable bonds is 5. The van der Waals surface area contributed by atoms with E-state index in [9.17, 15) is 9.59 Å². The van der Waals surface area contributed by atoms with Gasteiger partial charge in [0.1, 0.15) is 12.4 Å². The van der Waals surface area contributed by atoms with Crippen molar-refractivity contribution in [1.82, 2.24) is 19.8 Å². The van der Waals surface area contributed by atoms with Crippen LogP contribution in [-0.4, -0.2) is 84.6 Å². The zero-order valence-corrected chi connectivity index (χ0v) is 23.8. The predicted molar refractivity (Wildman–Crippen MR) is 157 cm³/mol. The number of aromatic nitrogens is 2. The monoisotopic (exact) mass is 557 g/mol. The standard InChI is InChI=1S/C32H39N5O4/c1-40-24-29(38)35-19-14-32(15-20-35)13-7-18-36(31-33-16-8-17-34-31)21-22-37(23-26-9-3-2-4-10-26)30(39)27-11-5-6-12-28(27)41-25-32/h2-6,8-12,16-17H,7,13-15,18-25H2,1H3. The molecule has 3 heterocycles. The van der Waals surface area contributed by atoms with Gasteiger partial charge in [-0.25, -0.2) is 9.97 Å². The van der Waals surface area contributed by atoms with Crippen LogP contribution in [-0.2, 0) is 16.1 Å². The molecule has 0 saturated carbocycles. The van der Waals surface area contributed by atoms with Crippen LogP contribution < -0.4 is 9.64 Å². The Morgan fingerprint density at radius 1 is 0.902 bits per heavy atom. The maximum Gasteiger partial charge on any atom is 0.257 e. The van der Waals surface area contributed by atoms with E-state index in [2.05, 4.69) is 14.9 Å². The summed E-state index contributed by atoms with van der Waals surface area (Å²) in [6.45, 7) is 4.31. The van der Waals surface area contributed by atoms with Gasteiger partial charge in [0, 0.05) is 64.2 Å². The third-order valence-electron chi connectivity index (χ3n) is 8.21. The molecule has 9 heteroatoms. The van der Waals surface area contributed by atoms with E-state index in [1.807, 2.05) is 70.5 Å². The van der Waals surface area contributed by atoms with E-state index in [0.717, 1.165) is 37.8 Å². The molecule has 3 aromatic rings. The fourth-order valence-electron chi connectivity index (χ4n) is 5.79. The molecule has 5 rings (SSSR count). The molecule has 0 radical (unpaired) electrons. The van der Waals surface area contributed by atoms with E-state index in [1.165, 1.54) is 0 Å². The molecule has 1 fully saturated rings. The van der Waals surface area contributed by atoms with Crippen molar-refractivity contribution in [2.75, 3.05) is 57.9 Å². The van der Waals surface area contributed by atoms with Crippen molar-refractivity contribution in [2.24, 2.45) is 5.41 Å². The third kappa shape index (κ3) is 7.21. The van der Waals surface area contributed by atoms with Crippen LogP contribution in [0.15, 0.2) is 73.1 Å². The SMILES string of the molecule is COCC(=O)N1CCC2(CCCN(c3ncccn3)CCN(Cc3ccccc3)C(=O)c3ccccc3OC2)CC1. The Morgan fingerprint density at radius 2 is 1.63 bits per heavy atom. The highest BCUT2D eigenvalue weighted by Gasteiger charge is 2.37. The average molecular weight is 558 g/mol. The first-order valence-corrected chi connectivity index (χ1v) is 14.4. The Hall–Kier alpha value is -3.98. The van der Waals surface area contributed by atoms with Gasteiger partial charge in [-0.2, -0.15) is 0 Å². The van der Waals surface area contributed by atoms with Crippen LogP contribution in [0.1, 0.15) is 41.6 Å². The molecule has 0 unspecified atom stereocenters. The fraction of sp³-hybridized carbons (Fsp3) is 0.438. The number of methoxy groups -OCH3 is 1. The van der Waals surface area contributed by atoms with Gasteiger partial charge in [-0.3, -0.25) is 9.59 Å². The molecule has 1 saturated heterocycles. The van der Waals surface area contributed by atoms with Gasteiger partial charge in [-0.05, 0) is 49.4 Å². The molecular weight excluding hydrogens is 518 g/mol. The number of para-hydroxylation sites is 1. The van der Waals surface area contributed by atoms with E-state index >= 15 is 0 Å². The number of hydrogen-bond donors (Lipinski definition) is 0. The predicted octanol–water partition coefficient (Wildman–Crippen LogP) is 4.05. The number of amides is 2. The number of fused-ring (bicyclic) bond motifs is 1. The lowest BCUT2D eigenvalue weighted by Crippen LogP contribution is -2.46. The van der Waals surface area contributed by atoms with Crippen molar-refractivity contribution in [3.8, 4) is 5.75 Å². The molecule has 41 heavy (non-hydrogen) atoms. The average Bonchev–Trinajstić information content (AvgIpc) is 3.02. The summed E-state index contributed by atoms with van der Waals surface area (Å²) in [5.74, 6) is 1.23. The van der Waals surface area contributed by atoms with E-state index in [-0.39, 0.29) is 23.8 Å². The summed E-state index contributed by atoms with van der Waals surface area (Å²) in [6, 6.07) is 19.4. The minimum absolute atomic E-state index is 0.0229. The van der Waals surface area contributed by atoms with Crippen molar-refractivity contribution < 1.29 is 19.1 Å². The highest BCUT2D eigenvalue weighted by atomic mass is 16.5. The lowest BCUT2D eigenvalue weighted by molar-refractivity contribution is -0.138. The largest absolute Gasteiger partial charge is 0.492 e. The zero-order chi connectivity index (χ0) is 28.5. The molecular formula is C32H39N5O4. The highest BCUT2D eigenvalue weighted by molar-refractivity contribution is 5.97. The molecule has 2 aromatic carbocycles. The van der Waals surface area contributed by atoms with Crippen LogP contribution in [0.3, 0.4) is 0 Å². The van der Waals surface area contributed by atoms with E-state index in [1.54, 1.807) is 19.5 Å². The number of ether oxygens (including phenoxy) is 2. The number of benzene rings is 2. The molecule has 0 aliphatic carbocycles. The first-order valence-electron chi connectivity index (χ1n) is 14.4. The summed E-state index contributed by atoms with van der Waals surface area (Å²) >= 11 is 0. The molecule has 2 aliphatic rings. The smallest absolute Gasteiger partial charge is 0.257 e. The molecule has 0 atom stereocenters. The van der Waals surface area contributed by atoms with Gasteiger partial charge in [-0.1, -0.05) is 42.5 Å². The van der Waals surface area contributed by atoms with Gasteiger partial charge in [0.15, 0.2) is 0 Å². The number of piperidine rings is 1. The number of nitrogens with zero attached hydrogens (tertiary/aromatic N) is 5. The Labute approximate surface area is 242 Å². The van der Waals surface area contributed by atoms with Gasteiger partial charge in [-0.15, -0.1) is 0 Å². The molecule has 9 nitrogen and oxygen atoms in total. The molecule has 0 N–H and O–H groups in total. The minimum atomic E-state index is -0.110. The van der Waals surface area contributed by atoms with Crippen molar-refractivity contribution >= 4 is 17.8 Å². The van der Waals surface area contributed by atoms with Crippen LogP contribution in [0.5, 0.6) is 5.75 Å². The van der Waals surface area contributed by atoms with Crippen LogP contribution in [0, 0.1) is 5.41 Å². The highest BCUT2D eigenvalue weighted by Crippen LogP contribution is 2.38. The first-order chi connectivity index (χ1) is 20.1. The molecule has 2 aliphatic heterocycles. The summed E-state index contributed by atoms with van der Waals surface area (Å²) < 4.78 is 11.6. The van der Waals surface area contributed by atoms with Gasteiger partial charge >= 0.3 is 0 Å². The Bertz CT molecular complexity index is 1280. The summed E-state index contributed by atoms with van der Waals surface area (Å²) in [4.78, 5) is 41.6. The fourth-order valence-corrected chi connectivity index (χ4v) is 5.79. The second-order valence-electron chi connectivity index (χ2n) is 11.0. The number of carbonyl (C=O) groups is 2. The number of carbonyl (C=O) groups excluding carboxylic acids is 2. The van der Waals surface area contributed by atoms with Crippen molar-refractivity contribution in [3.63, 3.8) is 0 Å². The summed E-state index contributed by atoms with van der Waals surface area (Å²) in [5.41, 5.74) is 1.52. The van der Waals surface area contributed by atoms with Crippen molar-refractivity contribution in [3.05, 3.63) is 84.2 Å². The topological polar surface area (TPSA) is 88.1 Å². The van der Waals surface area contributed by atoms with Crippen molar-refractivity contribution in [2.45, 2.75) is 32.2 Å². The van der Waals surface area contributed by atoms with Gasteiger partial charge < -0.3 is 24.2 Å². The van der Waals surface area contributed by atoms with Crippen LogP contribution >= 0.6 is 0 Å². The van der Waals surface area contributed by atoms with Gasteiger partial charge in [0.25, 0.3) is 5.91 Å². The van der Waals surface area contributed by atoms with E-state index < -0.39 is 0 Å². The van der Waals surface area contributed by atoms with E-state index in [0.29, 0.717) is 56.6 Å². The molecule has 1 spiro atoms. The van der Waals surface area contributed by atoms with Crippen LogP contribution in [0.25, 0.3) is 0 Å². The summed E-state index contributed by atoms with van der Waals surface area (Å²) in [5, 5.41) is 0. The molecule has 0 bridgehead atoms. The Kier molecular flexibility index (Phi) is 9.46. The Morgan fingerprint density at radius 3 is 2.39 bits per heavy atom. The van der Waals surface area contributed by atoms with Gasteiger partial charge in [0.2, 0.25) is 11.9 Å². The number of likely N-dealkylation sites (tertiary alicyclic amines) is 1. The van der Waals surface area contributed by atoms with Crippen LogP contribution in [0.4, 0.5) is 5.95 Å². The first kappa shape index (κ1) is 28.5. The molecule has 216 valence electrons. The van der Waals surface area contributed by atoms with Gasteiger partial charge in [0.05, 0.1) is 12.2 Å².